The number of phosphoric ester groups is 1. The second-order valence-electron chi connectivity index (χ2n) is 15.7. The summed E-state index contributed by atoms with van der Waals surface area (Å²) in [5, 5.41) is 13.9. The Labute approximate surface area is 304 Å². The molecule has 0 aliphatic heterocycles. The van der Waals surface area contributed by atoms with Gasteiger partial charge in [-0.3, -0.25) is 13.8 Å². The lowest BCUT2D eigenvalue weighted by Gasteiger charge is -2.26. The lowest BCUT2D eigenvalue weighted by atomic mass is 10.0. The average molecular weight is 720 g/mol. The standard InChI is InChI=1S/C40H83N2O6P/c1-6-8-10-12-14-16-18-19-20-21-22-24-26-28-30-32-34-40(44)41-38(37-48-49(45,46)47-36-35-42(3,4)5)39(43)33-31-29-27-25-23-17-15-13-11-9-7-2/h38-39,43H,6-37H2,1-5H3,(H-,41,44,45,46)/p+1. The molecule has 3 unspecified atom stereocenters. The number of hydrogen-bond donors (Lipinski definition) is 3. The number of carbonyl (C=O) groups excluding carboxylic acids is 1. The predicted molar refractivity (Wildman–Crippen MR) is 208 cm³/mol. The highest BCUT2D eigenvalue weighted by molar-refractivity contribution is 7.47. The van der Waals surface area contributed by atoms with E-state index >= 15 is 0 Å². The van der Waals surface area contributed by atoms with Crippen LogP contribution in [0.5, 0.6) is 0 Å². The zero-order valence-corrected chi connectivity index (χ0v) is 34.1. The second-order valence-corrected chi connectivity index (χ2v) is 17.2. The molecule has 0 spiro atoms. The van der Waals surface area contributed by atoms with Gasteiger partial charge in [-0.2, -0.15) is 0 Å². The van der Waals surface area contributed by atoms with E-state index in [9.17, 15) is 19.4 Å². The normalized spacial score (nSPS) is 14.5. The van der Waals surface area contributed by atoms with Gasteiger partial charge in [0.15, 0.2) is 0 Å². The van der Waals surface area contributed by atoms with Crippen molar-refractivity contribution in [2.24, 2.45) is 0 Å². The van der Waals surface area contributed by atoms with Crippen molar-refractivity contribution in [2.45, 2.75) is 212 Å². The Morgan fingerprint density at radius 1 is 0.612 bits per heavy atom. The van der Waals surface area contributed by atoms with E-state index in [4.69, 9.17) is 9.05 Å². The van der Waals surface area contributed by atoms with Crippen molar-refractivity contribution in [1.82, 2.24) is 5.32 Å². The molecule has 49 heavy (non-hydrogen) atoms. The molecule has 0 aromatic carbocycles. The van der Waals surface area contributed by atoms with Gasteiger partial charge in [-0.25, -0.2) is 4.57 Å². The van der Waals surface area contributed by atoms with Crippen LogP contribution < -0.4 is 5.32 Å². The molecule has 0 aliphatic rings. The van der Waals surface area contributed by atoms with Crippen LogP contribution in [-0.4, -0.2) is 73.4 Å². The molecular weight excluding hydrogens is 635 g/mol. The largest absolute Gasteiger partial charge is 0.472 e. The first kappa shape index (κ1) is 48.5. The highest BCUT2D eigenvalue weighted by atomic mass is 31.2. The quantitative estimate of drug-likeness (QED) is 0.0333. The average Bonchev–Trinajstić information content (AvgIpc) is 3.04. The number of aliphatic hydroxyl groups excluding tert-OH is 1. The number of aliphatic hydroxyl groups is 1. The van der Waals surface area contributed by atoms with Gasteiger partial charge < -0.3 is 19.8 Å². The molecule has 0 aliphatic carbocycles. The molecule has 0 bridgehead atoms. The number of nitrogens with one attached hydrogen (secondary N) is 1. The maximum Gasteiger partial charge on any atom is 0.472 e. The minimum absolute atomic E-state index is 0.0782. The first-order valence-electron chi connectivity index (χ1n) is 20.9. The van der Waals surface area contributed by atoms with E-state index < -0.39 is 20.0 Å². The van der Waals surface area contributed by atoms with Crippen molar-refractivity contribution < 1.29 is 32.9 Å². The summed E-state index contributed by atoms with van der Waals surface area (Å²) >= 11 is 0. The van der Waals surface area contributed by atoms with Crippen molar-refractivity contribution in [3.05, 3.63) is 0 Å². The number of rotatable bonds is 38. The smallest absolute Gasteiger partial charge is 0.391 e. The van der Waals surface area contributed by atoms with E-state index in [0.29, 0.717) is 23.9 Å². The van der Waals surface area contributed by atoms with Gasteiger partial charge in [0, 0.05) is 6.42 Å². The van der Waals surface area contributed by atoms with E-state index in [1.807, 2.05) is 21.1 Å². The second kappa shape index (κ2) is 33.3. The highest BCUT2D eigenvalue weighted by Crippen LogP contribution is 2.43. The number of phosphoric acid groups is 1. The fourth-order valence-corrected chi connectivity index (χ4v) is 6.96. The third-order valence-corrected chi connectivity index (χ3v) is 10.6. The summed E-state index contributed by atoms with van der Waals surface area (Å²) in [6, 6.07) is -0.751. The van der Waals surface area contributed by atoms with Crippen LogP contribution in [-0.2, 0) is 18.4 Å². The molecule has 0 saturated carbocycles. The predicted octanol–water partition coefficient (Wildman–Crippen LogP) is 11.0. The summed E-state index contributed by atoms with van der Waals surface area (Å²) in [5.41, 5.74) is 0. The molecule has 0 saturated heterocycles. The molecule has 9 heteroatoms. The fraction of sp³-hybridized carbons (Fsp3) is 0.975. The van der Waals surface area contributed by atoms with Crippen molar-refractivity contribution >= 4 is 13.7 Å². The molecule has 0 heterocycles. The van der Waals surface area contributed by atoms with Crippen LogP contribution >= 0.6 is 7.82 Å². The van der Waals surface area contributed by atoms with Gasteiger partial charge in [-0.1, -0.05) is 181 Å². The van der Waals surface area contributed by atoms with E-state index in [1.165, 1.54) is 135 Å². The van der Waals surface area contributed by atoms with Crippen molar-refractivity contribution in [2.75, 3.05) is 40.9 Å². The van der Waals surface area contributed by atoms with E-state index in [1.54, 1.807) is 0 Å². The summed E-state index contributed by atoms with van der Waals surface area (Å²) in [6.45, 7) is 4.88. The number of quaternary nitrogens is 1. The first-order chi connectivity index (χ1) is 23.5. The Balaban J connectivity index is 4.35. The topological polar surface area (TPSA) is 105 Å². The third kappa shape index (κ3) is 35.7. The summed E-state index contributed by atoms with van der Waals surface area (Å²) in [5.74, 6) is -0.143. The van der Waals surface area contributed by atoms with Gasteiger partial charge >= 0.3 is 7.82 Å². The molecule has 0 radical (unpaired) electrons. The van der Waals surface area contributed by atoms with Gasteiger partial charge in [0.05, 0.1) is 39.9 Å². The molecule has 8 nitrogen and oxygen atoms in total. The minimum Gasteiger partial charge on any atom is -0.391 e. The Morgan fingerprint density at radius 3 is 1.37 bits per heavy atom. The molecular formula is C40H84N2O6P+. The molecule has 0 rings (SSSR count). The minimum atomic E-state index is -4.30. The molecule has 3 atom stereocenters. The number of hydrogen-bond acceptors (Lipinski definition) is 5. The van der Waals surface area contributed by atoms with Crippen LogP contribution in [0.15, 0.2) is 0 Å². The number of likely N-dealkylation sites (N-methyl/N-ethyl adjacent to an activating group) is 1. The molecule has 3 N–H and O–H groups in total. The van der Waals surface area contributed by atoms with Gasteiger partial charge in [-0.15, -0.1) is 0 Å². The van der Waals surface area contributed by atoms with Crippen LogP contribution in [0.1, 0.15) is 200 Å². The number of carbonyl (C=O) groups is 1. The van der Waals surface area contributed by atoms with Crippen LogP contribution in [0.4, 0.5) is 0 Å². The van der Waals surface area contributed by atoms with Gasteiger partial charge in [0.25, 0.3) is 0 Å². The maximum atomic E-state index is 12.8. The van der Waals surface area contributed by atoms with Crippen molar-refractivity contribution in [1.29, 1.82) is 0 Å². The molecule has 0 aromatic rings. The fourth-order valence-electron chi connectivity index (χ4n) is 6.22. The summed E-state index contributed by atoms with van der Waals surface area (Å²) < 4.78 is 23.5. The molecule has 0 fully saturated rings. The first-order valence-corrected chi connectivity index (χ1v) is 22.4. The Bertz CT molecular complexity index is 778. The summed E-state index contributed by atoms with van der Waals surface area (Å²) in [4.78, 5) is 23.1. The lowest BCUT2D eigenvalue weighted by Crippen LogP contribution is -2.46. The number of nitrogens with zero attached hydrogens (tertiary/aromatic N) is 1. The van der Waals surface area contributed by atoms with Crippen LogP contribution in [0.2, 0.25) is 0 Å². The van der Waals surface area contributed by atoms with Gasteiger partial charge in [0.2, 0.25) is 5.91 Å². The Hall–Kier alpha value is -0.500. The van der Waals surface area contributed by atoms with Gasteiger partial charge in [0.1, 0.15) is 13.2 Å². The van der Waals surface area contributed by atoms with Crippen molar-refractivity contribution in [3.63, 3.8) is 0 Å². The highest BCUT2D eigenvalue weighted by Gasteiger charge is 2.28. The number of unbranched alkanes of at least 4 members (excludes halogenated alkanes) is 25. The lowest BCUT2D eigenvalue weighted by molar-refractivity contribution is -0.870. The van der Waals surface area contributed by atoms with Crippen LogP contribution in [0, 0.1) is 0 Å². The maximum absolute atomic E-state index is 12.8. The molecule has 294 valence electrons. The Morgan fingerprint density at radius 2 is 0.980 bits per heavy atom. The summed E-state index contributed by atoms with van der Waals surface area (Å²) in [6.07, 6.45) is 34.0. The Kier molecular flexibility index (Phi) is 33.0. The SMILES string of the molecule is CCCCCCCCCCCCCCCCCCC(=O)NC(COP(=O)(O)OCC[N+](C)(C)C)C(O)CCCCCCCCCCCCC. The van der Waals surface area contributed by atoms with Gasteiger partial charge in [-0.05, 0) is 12.8 Å². The monoisotopic (exact) mass is 720 g/mol. The zero-order chi connectivity index (χ0) is 36.5. The van der Waals surface area contributed by atoms with E-state index in [0.717, 1.165) is 38.5 Å². The molecule has 1 amide bonds. The summed E-state index contributed by atoms with van der Waals surface area (Å²) in [7, 11) is 1.62. The van der Waals surface area contributed by atoms with Crippen molar-refractivity contribution in [3.8, 4) is 0 Å². The van der Waals surface area contributed by atoms with E-state index in [-0.39, 0.29) is 19.1 Å². The third-order valence-electron chi connectivity index (χ3n) is 9.61. The number of amides is 1. The zero-order valence-electron chi connectivity index (χ0n) is 33.2. The van der Waals surface area contributed by atoms with E-state index in [2.05, 4.69) is 19.2 Å². The van der Waals surface area contributed by atoms with Crippen LogP contribution in [0.3, 0.4) is 0 Å². The van der Waals surface area contributed by atoms with Crippen LogP contribution in [0.25, 0.3) is 0 Å². The molecule has 0 aromatic heterocycles.